The molecule has 0 bridgehead atoms. The lowest BCUT2D eigenvalue weighted by atomic mass is 10.0. The number of halogens is 3. The van der Waals surface area contributed by atoms with Crippen molar-refractivity contribution in [3.05, 3.63) is 112 Å². The molecule has 0 saturated carbocycles. The van der Waals surface area contributed by atoms with Crippen molar-refractivity contribution in [3.8, 4) is 11.6 Å². The molecule has 9 heteroatoms. The zero-order valence-corrected chi connectivity index (χ0v) is 19.1. The summed E-state index contributed by atoms with van der Waals surface area (Å²) in [6, 6.07) is 13.0. The largest absolute Gasteiger partial charge is 0.487 e. The van der Waals surface area contributed by atoms with Crippen LogP contribution in [0.4, 0.5) is 8.78 Å². The van der Waals surface area contributed by atoms with Gasteiger partial charge in [-0.15, -0.1) is 0 Å². The first-order valence-electron chi connectivity index (χ1n) is 10.6. The van der Waals surface area contributed by atoms with Crippen LogP contribution in [0.5, 0.6) is 5.75 Å². The average molecular weight is 491 g/mol. The van der Waals surface area contributed by atoms with Gasteiger partial charge in [0.2, 0.25) is 0 Å². The van der Waals surface area contributed by atoms with Gasteiger partial charge < -0.3 is 4.74 Å². The topological polar surface area (TPSA) is 69.9 Å². The zero-order valence-electron chi connectivity index (χ0n) is 18.4. The SMILES string of the molecule is Cc1nccn1-c1cnc2ccc(C(=O)c3c(F)ccc(OCc4cccc(F)c4)c3Cl)cc2n1. The van der Waals surface area contributed by atoms with E-state index in [2.05, 4.69) is 15.0 Å². The Bertz CT molecular complexity index is 1590. The smallest absolute Gasteiger partial charge is 0.197 e. The third kappa shape index (κ3) is 4.48. The van der Waals surface area contributed by atoms with Crippen LogP contribution in [0.2, 0.25) is 5.02 Å². The van der Waals surface area contributed by atoms with Crippen LogP contribution in [-0.2, 0) is 6.61 Å². The number of ether oxygens (including phenoxy) is 1. The van der Waals surface area contributed by atoms with Crippen molar-refractivity contribution >= 4 is 28.4 Å². The highest BCUT2D eigenvalue weighted by Crippen LogP contribution is 2.33. The van der Waals surface area contributed by atoms with Crippen LogP contribution in [0.1, 0.15) is 27.3 Å². The lowest BCUT2D eigenvalue weighted by molar-refractivity contribution is 0.103. The van der Waals surface area contributed by atoms with E-state index in [4.69, 9.17) is 16.3 Å². The van der Waals surface area contributed by atoms with Crippen molar-refractivity contribution in [1.29, 1.82) is 0 Å². The number of aromatic nitrogens is 4. The van der Waals surface area contributed by atoms with Gasteiger partial charge in [0.05, 0.1) is 27.8 Å². The number of fused-ring (bicyclic) bond motifs is 1. The number of imidazole rings is 1. The first-order valence-corrected chi connectivity index (χ1v) is 11.0. The van der Waals surface area contributed by atoms with E-state index >= 15 is 0 Å². The molecule has 2 heterocycles. The van der Waals surface area contributed by atoms with Gasteiger partial charge in [0.15, 0.2) is 11.6 Å². The van der Waals surface area contributed by atoms with Crippen LogP contribution >= 0.6 is 11.6 Å². The fourth-order valence-corrected chi connectivity index (χ4v) is 3.96. The highest BCUT2D eigenvalue weighted by atomic mass is 35.5. The second-order valence-electron chi connectivity index (χ2n) is 7.76. The molecule has 2 aromatic heterocycles. The first-order chi connectivity index (χ1) is 16.9. The second kappa shape index (κ2) is 9.23. The van der Waals surface area contributed by atoms with Gasteiger partial charge in [-0.05, 0) is 55.0 Å². The predicted octanol–water partition coefficient (Wildman–Crippen LogP) is 5.87. The molecule has 0 N–H and O–H groups in total. The van der Waals surface area contributed by atoms with E-state index < -0.39 is 17.4 Å². The molecular formula is C26H17ClF2N4O2. The number of hydrogen-bond donors (Lipinski definition) is 0. The van der Waals surface area contributed by atoms with E-state index in [9.17, 15) is 13.6 Å². The van der Waals surface area contributed by atoms with Gasteiger partial charge in [-0.25, -0.2) is 18.7 Å². The Balaban J connectivity index is 1.47. The molecule has 0 aliphatic heterocycles. The number of nitrogens with zero attached hydrogens (tertiary/aromatic N) is 4. The molecule has 5 rings (SSSR count). The minimum atomic E-state index is -0.785. The van der Waals surface area contributed by atoms with Crippen molar-refractivity contribution < 1.29 is 18.3 Å². The van der Waals surface area contributed by atoms with Gasteiger partial charge in [0.25, 0.3) is 0 Å². The summed E-state index contributed by atoms with van der Waals surface area (Å²) in [7, 11) is 0. The van der Waals surface area contributed by atoms with E-state index in [0.29, 0.717) is 22.4 Å². The highest BCUT2D eigenvalue weighted by molar-refractivity contribution is 6.36. The maximum absolute atomic E-state index is 14.7. The lowest BCUT2D eigenvalue weighted by Crippen LogP contribution is -2.08. The van der Waals surface area contributed by atoms with E-state index in [-0.39, 0.29) is 28.5 Å². The molecule has 0 spiro atoms. The third-order valence-electron chi connectivity index (χ3n) is 5.43. The molecular weight excluding hydrogens is 474 g/mol. The van der Waals surface area contributed by atoms with Crippen molar-refractivity contribution in [2.24, 2.45) is 0 Å². The molecule has 174 valence electrons. The molecule has 0 radical (unpaired) electrons. The van der Waals surface area contributed by atoms with E-state index in [1.54, 1.807) is 41.4 Å². The van der Waals surface area contributed by atoms with Crippen molar-refractivity contribution in [2.75, 3.05) is 0 Å². The normalized spacial score (nSPS) is 11.1. The quantitative estimate of drug-likeness (QED) is 0.279. The zero-order chi connectivity index (χ0) is 24.5. The standard InChI is InChI=1S/C26H17ClF2N4O2/c1-15-30-9-10-33(15)23-13-31-20-7-5-17(12-21(20)32-23)26(34)24-19(29)6-8-22(25(24)27)35-14-16-3-2-4-18(28)11-16/h2-13H,14H2,1H3. The fraction of sp³-hybridized carbons (Fsp3) is 0.0769. The minimum Gasteiger partial charge on any atom is -0.487 e. The van der Waals surface area contributed by atoms with Gasteiger partial charge in [-0.2, -0.15) is 0 Å². The number of rotatable bonds is 6. The van der Waals surface area contributed by atoms with Gasteiger partial charge in [0, 0.05) is 18.0 Å². The number of carbonyl (C=O) groups excluding carboxylic acids is 1. The molecule has 0 aliphatic rings. The minimum absolute atomic E-state index is 0.00124. The van der Waals surface area contributed by atoms with Crippen LogP contribution in [0.15, 0.2) is 73.2 Å². The maximum atomic E-state index is 14.7. The molecule has 6 nitrogen and oxygen atoms in total. The Labute approximate surface area is 203 Å². The number of aryl methyl sites for hydroxylation is 1. The monoisotopic (exact) mass is 490 g/mol. The summed E-state index contributed by atoms with van der Waals surface area (Å²) in [5.41, 5.74) is 1.46. The molecule has 0 amide bonds. The summed E-state index contributed by atoms with van der Waals surface area (Å²) in [4.78, 5) is 26.4. The molecule has 0 saturated heterocycles. The second-order valence-corrected chi connectivity index (χ2v) is 8.14. The van der Waals surface area contributed by atoms with E-state index in [0.717, 1.165) is 11.9 Å². The van der Waals surface area contributed by atoms with Gasteiger partial charge in [-0.1, -0.05) is 23.7 Å². The number of benzene rings is 3. The Morgan fingerprint density at radius 3 is 2.69 bits per heavy atom. The Morgan fingerprint density at radius 2 is 1.91 bits per heavy atom. The van der Waals surface area contributed by atoms with Crippen LogP contribution < -0.4 is 4.74 Å². The summed E-state index contributed by atoms with van der Waals surface area (Å²) in [5, 5.41) is -0.166. The maximum Gasteiger partial charge on any atom is 0.197 e. The molecule has 0 unspecified atom stereocenters. The molecule has 3 aromatic carbocycles. The van der Waals surface area contributed by atoms with E-state index in [1.807, 2.05) is 6.92 Å². The van der Waals surface area contributed by atoms with Gasteiger partial charge >= 0.3 is 0 Å². The highest BCUT2D eigenvalue weighted by Gasteiger charge is 2.22. The lowest BCUT2D eigenvalue weighted by Gasteiger charge is -2.12. The number of carbonyl (C=O) groups is 1. The predicted molar refractivity (Wildman–Crippen MR) is 127 cm³/mol. The van der Waals surface area contributed by atoms with Crippen molar-refractivity contribution in [2.45, 2.75) is 13.5 Å². The summed E-state index contributed by atoms with van der Waals surface area (Å²) in [5.74, 6) is -0.440. The Kier molecular flexibility index (Phi) is 5.96. The van der Waals surface area contributed by atoms with Crippen molar-refractivity contribution in [1.82, 2.24) is 19.5 Å². The molecule has 5 aromatic rings. The average Bonchev–Trinajstić information content (AvgIpc) is 3.28. The summed E-state index contributed by atoms with van der Waals surface area (Å²) < 4.78 is 35.6. The van der Waals surface area contributed by atoms with Crippen LogP contribution in [-0.4, -0.2) is 25.3 Å². The number of ketones is 1. The van der Waals surface area contributed by atoms with Crippen LogP contribution in [0, 0.1) is 18.6 Å². The Hall–Kier alpha value is -4.17. The van der Waals surface area contributed by atoms with Crippen LogP contribution in [0.3, 0.4) is 0 Å². The van der Waals surface area contributed by atoms with E-state index in [1.165, 1.54) is 30.3 Å². The Morgan fingerprint density at radius 1 is 1.06 bits per heavy atom. The summed E-state index contributed by atoms with van der Waals surface area (Å²) in [6.07, 6.45) is 5.01. The molecule has 0 fully saturated rings. The van der Waals surface area contributed by atoms with Gasteiger partial charge in [0.1, 0.15) is 29.8 Å². The van der Waals surface area contributed by atoms with Crippen molar-refractivity contribution in [3.63, 3.8) is 0 Å². The third-order valence-corrected chi connectivity index (χ3v) is 5.81. The summed E-state index contributed by atoms with van der Waals surface area (Å²) >= 11 is 6.39. The molecule has 0 aliphatic carbocycles. The van der Waals surface area contributed by atoms with Crippen LogP contribution in [0.25, 0.3) is 16.9 Å². The molecule has 0 atom stereocenters. The first kappa shape index (κ1) is 22.6. The molecule has 35 heavy (non-hydrogen) atoms. The fourth-order valence-electron chi connectivity index (χ4n) is 3.66. The summed E-state index contributed by atoms with van der Waals surface area (Å²) in [6.45, 7) is 1.83. The number of hydrogen-bond acceptors (Lipinski definition) is 5. The van der Waals surface area contributed by atoms with Gasteiger partial charge in [-0.3, -0.25) is 14.3 Å².